The van der Waals surface area contributed by atoms with Crippen molar-refractivity contribution in [3.05, 3.63) is 29.6 Å². The quantitative estimate of drug-likeness (QED) is 0.859. The van der Waals surface area contributed by atoms with Gasteiger partial charge in [-0.1, -0.05) is 6.07 Å². The van der Waals surface area contributed by atoms with Crippen molar-refractivity contribution in [1.82, 2.24) is 9.55 Å². The van der Waals surface area contributed by atoms with Gasteiger partial charge in [0.25, 0.3) is 0 Å². The monoisotopic (exact) mass is 245 g/mol. The number of aliphatic carboxylic acids is 1. The molecule has 5 heteroatoms. The lowest BCUT2D eigenvalue weighted by molar-refractivity contribution is -0.138. The number of carbonyl (C=O) groups is 1. The van der Waals surface area contributed by atoms with E-state index in [0.29, 0.717) is 11.5 Å². The molecule has 1 aromatic carbocycles. The smallest absolute Gasteiger partial charge is 0.325 e. The van der Waals surface area contributed by atoms with E-state index in [4.69, 9.17) is 10.8 Å². The molecule has 94 valence electrons. The minimum absolute atomic E-state index is 0.569. The number of benzene rings is 1. The maximum absolute atomic E-state index is 10.9. The van der Waals surface area contributed by atoms with Crippen molar-refractivity contribution in [1.29, 1.82) is 0 Å². The van der Waals surface area contributed by atoms with Crippen molar-refractivity contribution in [3.8, 4) is 0 Å². The van der Waals surface area contributed by atoms with Crippen molar-refractivity contribution in [2.75, 3.05) is 0 Å². The van der Waals surface area contributed by atoms with E-state index in [0.717, 1.165) is 16.9 Å². The maximum atomic E-state index is 10.9. The molecule has 18 heavy (non-hydrogen) atoms. The van der Waals surface area contributed by atoms with E-state index in [-0.39, 0.29) is 0 Å². The van der Waals surface area contributed by atoms with Gasteiger partial charge in [-0.2, -0.15) is 0 Å². The van der Waals surface area contributed by atoms with E-state index in [9.17, 15) is 4.79 Å². The number of fused-ring (bicyclic) bond motifs is 1. The highest BCUT2D eigenvalue weighted by Crippen LogP contribution is 2.40. The molecule has 0 radical (unpaired) electrons. The highest BCUT2D eigenvalue weighted by molar-refractivity contribution is 5.81. The second-order valence-electron chi connectivity index (χ2n) is 4.87. The van der Waals surface area contributed by atoms with Gasteiger partial charge < -0.3 is 15.4 Å². The molecule has 0 saturated heterocycles. The normalized spacial score (nSPS) is 17.0. The number of aromatic nitrogens is 2. The summed E-state index contributed by atoms with van der Waals surface area (Å²) < 4.78 is 2.05. The molecule has 3 N–H and O–H groups in total. The van der Waals surface area contributed by atoms with Crippen LogP contribution in [0.1, 0.15) is 36.2 Å². The number of aryl methyl sites for hydroxylation is 1. The van der Waals surface area contributed by atoms with Gasteiger partial charge in [0.1, 0.15) is 11.9 Å². The third-order valence-electron chi connectivity index (χ3n) is 3.51. The van der Waals surface area contributed by atoms with Gasteiger partial charge >= 0.3 is 5.97 Å². The van der Waals surface area contributed by atoms with Crippen LogP contribution in [0.4, 0.5) is 0 Å². The molecule has 1 fully saturated rings. The summed E-state index contributed by atoms with van der Waals surface area (Å²) in [6.07, 6.45) is 2.39. The van der Waals surface area contributed by atoms with Crippen LogP contribution in [0.15, 0.2) is 18.2 Å². The molecule has 1 unspecified atom stereocenters. The summed E-state index contributed by atoms with van der Waals surface area (Å²) >= 11 is 0. The maximum Gasteiger partial charge on any atom is 0.325 e. The Bertz CT molecular complexity index is 628. The molecular weight excluding hydrogens is 230 g/mol. The molecular formula is C13H15N3O2. The first kappa shape index (κ1) is 11.2. The van der Waals surface area contributed by atoms with Crippen molar-refractivity contribution in [2.24, 2.45) is 12.8 Å². The largest absolute Gasteiger partial charge is 0.480 e. The van der Waals surface area contributed by atoms with E-state index in [1.54, 1.807) is 6.07 Å². The van der Waals surface area contributed by atoms with Crippen LogP contribution >= 0.6 is 0 Å². The molecule has 5 nitrogen and oxygen atoms in total. The Balaban J connectivity index is 2.10. The molecule has 0 bridgehead atoms. The van der Waals surface area contributed by atoms with Crippen molar-refractivity contribution >= 4 is 17.0 Å². The minimum Gasteiger partial charge on any atom is -0.480 e. The molecule has 0 spiro atoms. The van der Waals surface area contributed by atoms with Gasteiger partial charge in [-0.3, -0.25) is 4.79 Å². The van der Waals surface area contributed by atoms with Gasteiger partial charge in [-0.15, -0.1) is 0 Å². The Kier molecular flexibility index (Phi) is 2.38. The van der Waals surface area contributed by atoms with Crippen LogP contribution in [0.25, 0.3) is 11.0 Å². The summed E-state index contributed by atoms with van der Waals surface area (Å²) in [7, 11) is 1.97. The fourth-order valence-electron chi connectivity index (χ4n) is 2.27. The van der Waals surface area contributed by atoms with E-state index in [1.165, 1.54) is 12.8 Å². The van der Waals surface area contributed by atoms with Crippen LogP contribution in [-0.2, 0) is 11.8 Å². The Labute approximate surface area is 104 Å². The Hall–Kier alpha value is -1.88. The number of hydrogen-bond acceptors (Lipinski definition) is 3. The summed E-state index contributed by atoms with van der Waals surface area (Å²) in [5.41, 5.74) is 8.09. The highest BCUT2D eigenvalue weighted by Gasteiger charge is 2.28. The van der Waals surface area contributed by atoms with Crippen LogP contribution in [0.5, 0.6) is 0 Å². The third kappa shape index (κ3) is 1.67. The van der Waals surface area contributed by atoms with Gasteiger partial charge in [0, 0.05) is 13.0 Å². The number of imidazole rings is 1. The molecule has 1 aromatic heterocycles. The first-order valence-electron chi connectivity index (χ1n) is 6.02. The number of carboxylic acids is 1. The molecule has 1 saturated carbocycles. The minimum atomic E-state index is -1.01. The fourth-order valence-corrected chi connectivity index (χ4v) is 2.27. The first-order chi connectivity index (χ1) is 8.58. The zero-order valence-corrected chi connectivity index (χ0v) is 10.1. The SMILES string of the molecule is Cn1c(C2CC2)nc2ccc(C(N)C(=O)O)cc21. The first-order valence-corrected chi connectivity index (χ1v) is 6.02. The summed E-state index contributed by atoms with van der Waals surface area (Å²) in [5, 5.41) is 8.93. The molecule has 1 aliphatic carbocycles. The lowest BCUT2D eigenvalue weighted by Gasteiger charge is -2.07. The van der Waals surface area contributed by atoms with Crippen molar-refractivity contribution in [3.63, 3.8) is 0 Å². The van der Waals surface area contributed by atoms with Crippen LogP contribution < -0.4 is 5.73 Å². The Morgan fingerprint density at radius 2 is 2.28 bits per heavy atom. The zero-order valence-electron chi connectivity index (χ0n) is 10.1. The lowest BCUT2D eigenvalue weighted by Crippen LogP contribution is -2.20. The lowest BCUT2D eigenvalue weighted by atomic mass is 10.1. The van der Waals surface area contributed by atoms with Crippen LogP contribution in [0.3, 0.4) is 0 Å². The molecule has 2 aromatic rings. The van der Waals surface area contributed by atoms with E-state index in [2.05, 4.69) is 4.98 Å². The predicted molar refractivity (Wildman–Crippen MR) is 67.3 cm³/mol. The van der Waals surface area contributed by atoms with Gasteiger partial charge in [-0.05, 0) is 30.5 Å². The number of hydrogen-bond donors (Lipinski definition) is 2. The van der Waals surface area contributed by atoms with E-state index >= 15 is 0 Å². The van der Waals surface area contributed by atoms with Gasteiger partial charge in [0.2, 0.25) is 0 Å². The van der Waals surface area contributed by atoms with Gasteiger partial charge in [0.15, 0.2) is 0 Å². The number of nitrogens with two attached hydrogens (primary N) is 1. The number of carboxylic acid groups (broad SMARTS) is 1. The highest BCUT2D eigenvalue weighted by atomic mass is 16.4. The van der Waals surface area contributed by atoms with E-state index < -0.39 is 12.0 Å². The summed E-state index contributed by atoms with van der Waals surface area (Å²) in [6.45, 7) is 0. The molecule has 1 heterocycles. The molecule has 1 atom stereocenters. The average molecular weight is 245 g/mol. The number of rotatable bonds is 3. The fraction of sp³-hybridized carbons (Fsp3) is 0.385. The molecule has 0 aliphatic heterocycles. The topological polar surface area (TPSA) is 81.1 Å². The predicted octanol–water partition coefficient (Wildman–Crippen LogP) is 1.54. The van der Waals surface area contributed by atoms with Crippen LogP contribution in [0.2, 0.25) is 0 Å². The van der Waals surface area contributed by atoms with Crippen LogP contribution in [0, 0.1) is 0 Å². The molecule has 0 amide bonds. The summed E-state index contributed by atoms with van der Waals surface area (Å²) in [6, 6.07) is 4.44. The number of nitrogens with zero attached hydrogens (tertiary/aromatic N) is 2. The Morgan fingerprint density at radius 1 is 1.56 bits per heavy atom. The van der Waals surface area contributed by atoms with Gasteiger partial charge in [0.05, 0.1) is 11.0 Å². The Morgan fingerprint density at radius 3 is 2.89 bits per heavy atom. The van der Waals surface area contributed by atoms with Crippen LogP contribution in [-0.4, -0.2) is 20.6 Å². The summed E-state index contributed by atoms with van der Waals surface area (Å²) in [4.78, 5) is 15.5. The van der Waals surface area contributed by atoms with Crippen molar-refractivity contribution < 1.29 is 9.90 Å². The molecule has 3 rings (SSSR count). The third-order valence-corrected chi connectivity index (χ3v) is 3.51. The zero-order chi connectivity index (χ0) is 12.9. The molecule has 1 aliphatic rings. The average Bonchev–Trinajstić information content (AvgIpc) is 3.14. The van der Waals surface area contributed by atoms with E-state index in [1.807, 2.05) is 23.7 Å². The van der Waals surface area contributed by atoms with Gasteiger partial charge in [-0.25, -0.2) is 4.98 Å². The standard InChI is InChI=1S/C13H15N3O2/c1-16-10-6-8(11(14)13(17)18)4-5-9(10)15-12(16)7-2-3-7/h4-7,11H,2-3,14H2,1H3,(H,17,18). The summed E-state index contributed by atoms with van der Waals surface area (Å²) in [5.74, 6) is 0.643. The van der Waals surface area contributed by atoms with Crippen molar-refractivity contribution in [2.45, 2.75) is 24.8 Å². The second-order valence-corrected chi connectivity index (χ2v) is 4.87. The second kappa shape index (κ2) is 3.81.